The second kappa shape index (κ2) is 13.4. The number of thioether (sulfide) groups is 1. The fourth-order valence-corrected chi connectivity index (χ4v) is 7.02. The Morgan fingerprint density at radius 2 is 1.73 bits per heavy atom. The van der Waals surface area contributed by atoms with E-state index in [1.54, 1.807) is 23.1 Å². The van der Waals surface area contributed by atoms with Crippen LogP contribution in [0.25, 0.3) is 0 Å². The van der Waals surface area contributed by atoms with Gasteiger partial charge in [-0.2, -0.15) is 0 Å². The van der Waals surface area contributed by atoms with Crippen LogP contribution in [-0.4, -0.2) is 89.2 Å². The maximum Gasteiger partial charge on any atom is 0.233 e. The number of aromatic nitrogens is 2. The Morgan fingerprint density at radius 3 is 2.45 bits per heavy atom. The first kappa shape index (κ1) is 28.9. The van der Waals surface area contributed by atoms with Gasteiger partial charge in [-0.15, -0.1) is 0 Å². The Hall–Kier alpha value is -2.59. The van der Waals surface area contributed by atoms with Crippen molar-refractivity contribution in [1.82, 2.24) is 19.8 Å². The maximum atomic E-state index is 14.1. The summed E-state index contributed by atoms with van der Waals surface area (Å²) in [7, 11) is 0. The highest BCUT2D eigenvalue weighted by Crippen LogP contribution is 2.30. The minimum atomic E-state index is -0.242. The lowest BCUT2D eigenvalue weighted by atomic mass is 10.0. The number of carbonyl (C=O) groups is 2. The molecule has 2 saturated heterocycles. The summed E-state index contributed by atoms with van der Waals surface area (Å²) < 4.78 is 14.1. The summed E-state index contributed by atoms with van der Waals surface area (Å²) in [5, 5.41) is 0.796. The van der Waals surface area contributed by atoms with Crippen LogP contribution in [0, 0.1) is 11.7 Å². The normalized spacial score (nSPS) is 20.3. The van der Waals surface area contributed by atoms with Crippen molar-refractivity contribution in [2.24, 2.45) is 5.92 Å². The molecule has 1 saturated carbocycles. The molecule has 1 unspecified atom stereocenters. The zero-order chi connectivity index (χ0) is 28.1. The van der Waals surface area contributed by atoms with Crippen molar-refractivity contribution in [1.29, 1.82) is 0 Å². The van der Waals surface area contributed by atoms with Crippen LogP contribution in [-0.2, 0) is 9.59 Å². The summed E-state index contributed by atoms with van der Waals surface area (Å²) in [6.45, 7) is 6.35. The number of para-hydroxylation sites is 1. The number of hydrogen-bond donors (Lipinski definition) is 0. The molecule has 1 aliphatic carbocycles. The molecule has 216 valence electrons. The van der Waals surface area contributed by atoms with E-state index in [1.165, 1.54) is 43.5 Å². The van der Waals surface area contributed by atoms with Crippen LogP contribution in [0.15, 0.2) is 35.5 Å². The fraction of sp³-hybridized carbons (Fsp3) is 0.586. The molecule has 1 aromatic heterocycles. The number of hydrogen-bond acceptors (Lipinski definition) is 7. The van der Waals surface area contributed by atoms with E-state index in [9.17, 15) is 14.0 Å². The lowest BCUT2D eigenvalue weighted by Crippen LogP contribution is -2.54. The van der Waals surface area contributed by atoms with Crippen molar-refractivity contribution in [2.75, 3.05) is 61.4 Å². The lowest BCUT2D eigenvalue weighted by molar-refractivity contribution is -0.134. The number of anilines is 2. The third kappa shape index (κ3) is 7.18. The Morgan fingerprint density at radius 1 is 1.00 bits per heavy atom. The van der Waals surface area contributed by atoms with Crippen LogP contribution < -0.4 is 9.80 Å². The standard InChI is InChI=1S/C29H38ClFN6O2S/c1-21-19-36(16-17-37(21)27(38)11-10-22-6-2-3-7-22)26-18-25(30)32-29(33-26)40-20-28(39)35-14-12-34(13-15-35)24-9-5-4-8-23(24)31/h4-5,8-9,18,21-22H,2-3,6-7,10-17,19-20H2,1H3. The largest absolute Gasteiger partial charge is 0.366 e. The highest BCUT2D eigenvalue weighted by atomic mass is 35.5. The van der Waals surface area contributed by atoms with Crippen LogP contribution in [0.1, 0.15) is 45.4 Å². The topological polar surface area (TPSA) is 72.9 Å². The third-order valence-corrected chi connectivity index (χ3v) is 9.35. The number of piperazine rings is 2. The van der Waals surface area contributed by atoms with Crippen molar-refractivity contribution in [2.45, 2.75) is 56.6 Å². The molecule has 3 aliphatic rings. The van der Waals surface area contributed by atoms with Crippen LogP contribution in [0.3, 0.4) is 0 Å². The zero-order valence-electron chi connectivity index (χ0n) is 23.1. The monoisotopic (exact) mass is 588 g/mol. The SMILES string of the molecule is CC1CN(c2cc(Cl)nc(SCC(=O)N3CCN(c4ccccc4F)CC3)n2)CCN1C(=O)CCC1CCCC1. The predicted molar refractivity (Wildman–Crippen MR) is 158 cm³/mol. The molecule has 0 radical (unpaired) electrons. The first-order valence-corrected chi connectivity index (χ1v) is 15.7. The number of nitrogens with zero attached hydrogens (tertiary/aromatic N) is 6. The van der Waals surface area contributed by atoms with Gasteiger partial charge in [0.15, 0.2) is 5.16 Å². The van der Waals surface area contributed by atoms with Crippen LogP contribution >= 0.6 is 23.4 Å². The van der Waals surface area contributed by atoms with Gasteiger partial charge in [-0.3, -0.25) is 9.59 Å². The van der Waals surface area contributed by atoms with Crippen molar-refractivity contribution in [3.05, 3.63) is 41.3 Å². The minimum absolute atomic E-state index is 0.00154. The van der Waals surface area contributed by atoms with Gasteiger partial charge in [-0.25, -0.2) is 14.4 Å². The van der Waals surface area contributed by atoms with Gasteiger partial charge in [0.1, 0.15) is 16.8 Å². The first-order valence-electron chi connectivity index (χ1n) is 14.4. The van der Waals surface area contributed by atoms with Gasteiger partial charge >= 0.3 is 0 Å². The summed E-state index contributed by atoms with van der Waals surface area (Å²) in [6.07, 6.45) is 6.79. The van der Waals surface area contributed by atoms with Gasteiger partial charge in [0.05, 0.1) is 11.4 Å². The zero-order valence-corrected chi connectivity index (χ0v) is 24.7. The number of carbonyl (C=O) groups excluding carboxylic acids is 2. The Labute approximate surface area is 245 Å². The van der Waals surface area contributed by atoms with E-state index in [4.69, 9.17) is 16.6 Å². The van der Waals surface area contributed by atoms with Gasteiger partial charge in [0.25, 0.3) is 0 Å². The van der Waals surface area contributed by atoms with E-state index in [0.717, 1.165) is 18.2 Å². The van der Waals surface area contributed by atoms with Crippen LogP contribution in [0.2, 0.25) is 5.15 Å². The number of rotatable bonds is 8. The lowest BCUT2D eigenvalue weighted by Gasteiger charge is -2.40. The van der Waals surface area contributed by atoms with Gasteiger partial charge < -0.3 is 19.6 Å². The molecule has 3 fully saturated rings. The molecule has 3 heterocycles. The van der Waals surface area contributed by atoms with E-state index in [1.807, 2.05) is 15.9 Å². The molecular weight excluding hydrogens is 551 g/mol. The van der Waals surface area contributed by atoms with Gasteiger partial charge in [0, 0.05) is 64.3 Å². The van der Waals surface area contributed by atoms with Crippen molar-refractivity contribution >= 4 is 46.7 Å². The third-order valence-electron chi connectivity index (χ3n) is 8.32. The molecule has 2 aliphatic heterocycles. The molecular formula is C29H38ClFN6O2S. The summed E-state index contributed by atoms with van der Waals surface area (Å²) in [5.74, 6) is 1.66. The first-order chi connectivity index (χ1) is 19.4. The predicted octanol–water partition coefficient (Wildman–Crippen LogP) is 4.72. The van der Waals surface area contributed by atoms with E-state index < -0.39 is 0 Å². The second-order valence-corrected chi connectivity index (χ2v) is 12.3. The summed E-state index contributed by atoms with van der Waals surface area (Å²) in [6, 6.07) is 8.56. The maximum absolute atomic E-state index is 14.1. The van der Waals surface area contributed by atoms with E-state index in [2.05, 4.69) is 16.8 Å². The quantitative estimate of drug-likeness (QED) is 0.251. The Bertz CT molecular complexity index is 1190. The van der Waals surface area contributed by atoms with Gasteiger partial charge in [-0.1, -0.05) is 61.2 Å². The molecule has 1 aromatic carbocycles. The average molecular weight is 589 g/mol. The van der Waals surface area contributed by atoms with Gasteiger partial charge in [-0.05, 0) is 31.4 Å². The minimum Gasteiger partial charge on any atom is -0.366 e. The van der Waals surface area contributed by atoms with E-state index in [-0.39, 0.29) is 29.4 Å². The highest BCUT2D eigenvalue weighted by molar-refractivity contribution is 7.99. The molecule has 0 bridgehead atoms. The Balaban J connectivity index is 1.10. The summed E-state index contributed by atoms with van der Waals surface area (Å²) in [5.41, 5.74) is 0.576. The van der Waals surface area contributed by atoms with Crippen LogP contribution in [0.4, 0.5) is 15.9 Å². The molecule has 2 aromatic rings. The second-order valence-electron chi connectivity index (χ2n) is 11.0. The molecule has 11 heteroatoms. The highest BCUT2D eigenvalue weighted by Gasteiger charge is 2.29. The fourth-order valence-electron chi connectivity index (χ4n) is 6.04. The number of benzene rings is 1. The smallest absolute Gasteiger partial charge is 0.233 e. The van der Waals surface area contributed by atoms with E-state index >= 15 is 0 Å². The van der Waals surface area contributed by atoms with Crippen molar-refractivity contribution in [3.63, 3.8) is 0 Å². The van der Waals surface area contributed by atoms with Crippen molar-refractivity contribution in [3.8, 4) is 0 Å². The molecule has 2 amide bonds. The summed E-state index contributed by atoms with van der Waals surface area (Å²) >= 11 is 7.63. The van der Waals surface area contributed by atoms with Crippen molar-refractivity contribution < 1.29 is 14.0 Å². The molecule has 40 heavy (non-hydrogen) atoms. The molecule has 5 rings (SSSR count). The average Bonchev–Trinajstić information content (AvgIpc) is 3.48. The number of halogens is 2. The molecule has 0 spiro atoms. The molecule has 1 atom stereocenters. The molecule has 0 N–H and O–H groups in total. The van der Waals surface area contributed by atoms with Gasteiger partial charge in [0.2, 0.25) is 11.8 Å². The Kier molecular flexibility index (Phi) is 9.68. The van der Waals surface area contributed by atoms with E-state index in [0.29, 0.717) is 68.2 Å². The molecule has 8 nitrogen and oxygen atoms in total. The number of amides is 2. The summed E-state index contributed by atoms with van der Waals surface area (Å²) in [4.78, 5) is 42.8. The van der Waals surface area contributed by atoms with Crippen LogP contribution in [0.5, 0.6) is 0 Å².